The highest BCUT2D eigenvalue weighted by Gasteiger charge is 2.63. The third kappa shape index (κ3) is 8.07. The molecule has 51 heavy (non-hydrogen) atoms. The Hall–Kier alpha value is -4.81. The molecular weight excluding hydrogens is 656 g/mol. The number of nitrogens with one attached hydrogen (secondary N) is 2. The molecule has 2 heterocycles. The summed E-state index contributed by atoms with van der Waals surface area (Å²) in [6.07, 6.45) is 2.77. The molecule has 2 N–H and O–H groups in total. The predicted molar refractivity (Wildman–Crippen MR) is 193 cm³/mol. The third-order valence-corrected chi connectivity index (χ3v) is 9.82. The first kappa shape index (κ1) is 36.0. The van der Waals surface area contributed by atoms with E-state index in [1.54, 1.807) is 38.4 Å². The summed E-state index contributed by atoms with van der Waals surface area (Å²) < 4.78 is 46.5. The fourth-order valence-corrected chi connectivity index (χ4v) is 6.56. The normalized spacial score (nSPS) is 19.4. The van der Waals surface area contributed by atoms with Crippen molar-refractivity contribution in [3.8, 4) is 23.0 Å². The van der Waals surface area contributed by atoms with Crippen molar-refractivity contribution < 1.29 is 32.6 Å². The molecule has 0 spiro atoms. The Kier molecular flexibility index (Phi) is 10.5. The van der Waals surface area contributed by atoms with Gasteiger partial charge in [-0.3, -0.25) is 19.5 Å². The molecule has 2 aliphatic rings. The SMILES string of the molecule is COc1cc2c(Oc3ccc(NC(=O)[C@]4(C(=O)Nc5ccc(F)cc5)C[C@H]4C)cc3F)ccnc2cc1OCCCN1CCN(C(C)(C)C)CC1. The summed E-state index contributed by atoms with van der Waals surface area (Å²) in [6.45, 7) is 14.2. The first-order valence-corrected chi connectivity index (χ1v) is 17.3. The molecule has 0 bridgehead atoms. The number of fused-ring (bicyclic) bond motifs is 1. The van der Waals surface area contributed by atoms with Crippen molar-refractivity contribution in [3.63, 3.8) is 0 Å². The molecule has 2 atom stereocenters. The van der Waals surface area contributed by atoms with Gasteiger partial charge in [-0.2, -0.15) is 0 Å². The van der Waals surface area contributed by atoms with Crippen LogP contribution in [0.1, 0.15) is 40.5 Å². The van der Waals surface area contributed by atoms with Crippen LogP contribution < -0.4 is 24.8 Å². The van der Waals surface area contributed by atoms with Crippen LogP contribution in [0.15, 0.2) is 66.9 Å². The van der Waals surface area contributed by atoms with E-state index in [9.17, 15) is 14.0 Å². The van der Waals surface area contributed by atoms with Crippen LogP contribution in [0.4, 0.5) is 20.2 Å². The van der Waals surface area contributed by atoms with Crippen LogP contribution in [0.5, 0.6) is 23.0 Å². The van der Waals surface area contributed by atoms with E-state index in [1.165, 1.54) is 36.4 Å². The standard InChI is InChI=1S/C39H45F2N5O5/c1-25-24-39(25,36(47)43-27-9-7-26(40)8-10-27)37(48)44-28-11-12-33(30(41)21-28)51-32-13-14-42-31-23-35(34(49-5)22-29(31)32)50-20-6-15-45-16-18-46(19-17-45)38(2,3)4/h7-14,21-23,25H,6,15-20,24H2,1-5H3,(H,43,47)(H,44,48)/t25-,39-/m1/s1. The minimum atomic E-state index is -1.32. The first-order chi connectivity index (χ1) is 24.4. The van der Waals surface area contributed by atoms with Gasteiger partial charge < -0.3 is 29.7 Å². The number of aromatic nitrogens is 1. The van der Waals surface area contributed by atoms with Crippen molar-refractivity contribution in [3.05, 3.63) is 78.5 Å². The monoisotopic (exact) mass is 701 g/mol. The van der Waals surface area contributed by atoms with E-state index in [2.05, 4.69) is 46.2 Å². The Morgan fingerprint density at radius 1 is 0.882 bits per heavy atom. The number of carbonyl (C=O) groups excluding carboxylic acids is 2. The fourth-order valence-electron chi connectivity index (χ4n) is 6.56. The van der Waals surface area contributed by atoms with Gasteiger partial charge in [0.25, 0.3) is 0 Å². The van der Waals surface area contributed by atoms with E-state index in [4.69, 9.17) is 14.2 Å². The molecule has 2 fully saturated rings. The van der Waals surface area contributed by atoms with Gasteiger partial charge in [-0.15, -0.1) is 0 Å². The number of pyridine rings is 1. The van der Waals surface area contributed by atoms with Crippen LogP contribution in [0.3, 0.4) is 0 Å². The van der Waals surface area contributed by atoms with Crippen LogP contribution in [0.25, 0.3) is 10.9 Å². The Morgan fingerprint density at radius 2 is 1.55 bits per heavy atom. The molecule has 1 aliphatic heterocycles. The van der Waals surface area contributed by atoms with E-state index in [-0.39, 0.29) is 22.9 Å². The average Bonchev–Trinajstić information content (AvgIpc) is 3.80. The lowest BCUT2D eigenvalue weighted by atomic mass is 10.0. The van der Waals surface area contributed by atoms with Crippen LogP contribution in [0, 0.1) is 23.0 Å². The molecule has 0 unspecified atom stereocenters. The number of amides is 2. The van der Waals surface area contributed by atoms with E-state index in [0.717, 1.165) is 45.2 Å². The quantitative estimate of drug-likeness (QED) is 0.119. The zero-order chi connectivity index (χ0) is 36.3. The number of hydrogen-bond donors (Lipinski definition) is 2. The number of hydrogen-bond acceptors (Lipinski definition) is 8. The van der Waals surface area contributed by atoms with E-state index in [1.807, 2.05) is 0 Å². The van der Waals surface area contributed by atoms with Gasteiger partial charge >= 0.3 is 0 Å². The second-order valence-electron chi connectivity index (χ2n) is 14.3. The van der Waals surface area contributed by atoms with Crippen molar-refractivity contribution in [2.24, 2.45) is 11.3 Å². The summed E-state index contributed by atoms with van der Waals surface area (Å²) in [4.78, 5) is 35.8. The lowest BCUT2D eigenvalue weighted by Crippen LogP contribution is -2.53. The van der Waals surface area contributed by atoms with E-state index in [0.29, 0.717) is 46.9 Å². The molecule has 3 aromatic carbocycles. The van der Waals surface area contributed by atoms with Gasteiger partial charge in [0, 0.05) is 73.4 Å². The Labute approximate surface area is 297 Å². The van der Waals surface area contributed by atoms with Crippen molar-refractivity contribution >= 4 is 34.1 Å². The molecule has 2 amide bonds. The fraction of sp³-hybridized carbons (Fsp3) is 0.410. The number of rotatable bonds is 12. The van der Waals surface area contributed by atoms with Gasteiger partial charge in [0.2, 0.25) is 11.8 Å². The number of halogens is 2. The number of ether oxygens (including phenoxy) is 3. The van der Waals surface area contributed by atoms with Crippen LogP contribution in [-0.4, -0.2) is 78.6 Å². The molecule has 1 saturated heterocycles. The predicted octanol–water partition coefficient (Wildman–Crippen LogP) is 7.10. The van der Waals surface area contributed by atoms with Gasteiger partial charge in [0.1, 0.15) is 17.0 Å². The maximum atomic E-state index is 15.4. The minimum Gasteiger partial charge on any atom is -0.493 e. The number of anilines is 2. The molecular formula is C39H45F2N5O5. The molecule has 270 valence electrons. The maximum Gasteiger partial charge on any atom is 0.240 e. The molecule has 1 aromatic heterocycles. The molecule has 6 rings (SSSR count). The summed E-state index contributed by atoms with van der Waals surface area (Å²) in [5.41, 5.74) is 0.0109. The highest BCUT2D eigenvalue weighted by atomic mass is 19.1. The first-order valence-electron chi connectivity index (χ1n) is 17.3. The van der Waals surface area contributed by atoms with Gasteiger partial charge in [-0.05, 0) is 88.1 Å². The van der Waals surface area contributed by atoms with E-state index >= 15 is 4.39 Å². The van der Waals surface area contributed by atoms with Gasteiger partial charge in [0.05, 0.1) is 19.2 Å². The second-order valence-corrected chi connectivity index (χ2v) is 14.3. The molecule has 1 saturated carbocycles. The number of nitrogens with zero attached hydrogens (tertiary/aromatic N) is 3. The van der Waals surface area contributed by atoms with Crippen molar-refractivity contribution in [1.82, 2.24) is 14.8 Å². The van der Waals surface area contributed by atoms with E-state index < -0.39 is 28.9 Å². The molecule has 4 aromatic rings. The second kappa shape index (κ2) is 14.8. The maximum absolute atomic E-state index is 15.4. The van der Waals surface area contributed by atoms with Gasteiger partial charge in [-0.25, -0.2) is 8.78 Å². The van der Waals surface area contributed by atoms with Crippen molar-refractivity contribution in [2.75, 3.05) is 57.1 Å². The molecule has 10 nitrogen and oxygen atoms in total. The number of benzene rings is 3. The highest BCUT2D eigenvalue weighted by Crippen LogP contribution is 2.54. The summed E-state index contributed by atoms with van der Waals surface area (Å²) >= 11 is 0. The molecule has 0 radical (unpaired) electrons. The van der Waals surface area contributed by atoms with Crippen molar-refractivity contribution in [2.45, 2.75) is 46.1 Å². The Bertz CT molecular complexity index is 1890. The highest BCUT2D eigenvalue weighted by molar-refractivity contribution is 6.17. The lowest BCUT2D eigenvalue weighted by molar-refractivity contribution is -0.131. The van der Waals surface area contributed by atoms with Crippen molar-refractivity contribution in [1.29, 1.82) is 0 Å². The largest absolute Gasteiger partial charge is 0.493 e. The summed E-state index contributed by atoms with van der Waals surface area (Å²) in [7, 11) is 1.56. The zero-order valence-corrected chi connectivity index (χ0v) is 29.7. The lowest BCUT2D eigenvalue weighted by Gasteiger charge is -2.42. The number of carbonyl (C=O) groups is 2. The molecule has 1 aliphatic carbocycles. The molecule has 12 heteroatoms. The summed E-state index contributed by atoms with van der Waals surface area (Å²) in [5, 5.41) is 5.97. The topological polar surface area (TPSA) is 105 Å². The van der Waals surface area contributed by atoms with Gasteiger partial charge in [-0.1, -0.05) is 6.92 Å². The number of methoxy groups -OCH3 is 1. The summed E-state index contributed by atoms with van der Waals surface area (Å²) in [6, 6.07) is 14.5. The smallest absolute Gasteiger partial charge is 0.240 e. The summed E-state index contributed by atoms with van der Waals surface area (Å²) in [5.74, 6) is -1.06. The van der Waals surface area contributed by atoms with Crippen LogP contribution in [0.2, 0.25) is 0 Å². The number of piperazine rings is 1. The van der Waals surface area contributed by atoms with Gasteiger partial charge in [0.15, 0.2) is 23.1 Å². The van der Waals surface area contributed by atoms with Crippen LogP contribution >= 0.6 is 0 Å². The Balaban J connectivity index is 1.07. The third-order valence-electron chi connectivity index (χ3n) is 9.82. The van der Waals surface area contributed by atoms with Crippen LogP contribution in [-0.2, 0) is 9.59 Å². The zero-order valence-electron chi connectivity index (χ0n) is 29.7. The average molecular weight is 702 g/mol. The Morgan fingerprint density at radius 3 is 2.18 bits per heavy atom. The minimum absolute atomic E-state index is 0.0633.